The summed E-state index contributed by atoms with van der Waals surface area (Å²) in [5.74, 6) is 0.000324. The predicted octanol–water partition coefficient (Wildman–Crippen LogP) is 2.18. The average Bonchev–Trinajstić information content (AvgIpc) is 2.59. The number of anilines is 1. The van der Waals surface area contributed by atoms with E-state index in [1.54, 1.807) is 6.07 Å². The molecule has 1 atom stereocenters. The Hall–Kier alpha value is -1.46. The highest BCUT2D eigenvalue weighted by atomic mass is 35.5. The number of hydrogen-bond acceptors (Lipinski definition) is 4. The Kier molecular flexibility index (Phi) is 4.40. The van der Waals surface area contributed by atoms with Gasteiger partial charge in [0.05, 0.1) is 10.6 Å². The predicted molar refractivity (Wildman–Crippen MR) is 80.7 cm³/mol. The molecule has 0 saturated carbocycles. The third kappa shape index (κ3) is 3.35. The van der Waals surface area contributed by atoms with Crippen LogP contribution in [-0.4, -0.2) is 34.8 Å². The number of benzene rings is 1. The number of hydrogen-bond donors (Lipinski definition) is 3. The van der Waals surface area contributed by atoms with Gasteiger partial charge in [0.1, 0.15) is 0 Å². The van der Waals surface area contributed by atoms with Crippen molar-refractivity contribution in [1.29, 1.82) is 0 Å². The van der Waals surface area contributed by atoms with Crippen LogP contribution in [0.1, 0.15) is 31.7 Å². The molecule has 20 heavy (non-hydrogen) atoms. The van der Waals surface area contributed by atoms with Crippen LogP contribution in [-0.2, 0) is 0 Å². The fourth-order valence-electron chi connectivity index (χ4n) is 2.48. The first kappa shape index (κ1) is 14.9. The SMILES string of the molecule is CC1(O)CCCN(c2ccc(/C(N)=N/O)c(Cl)c2)CC1. The van der Waals surface area contributed by atoms with Gasteiger partial charge in [0, 0.05) is 24.3 Å². The van der Waals surface area contributed by atoms with E-state index in [0.717, 1.165) is 38.0 Å². The largest absolute Gasteiger partial charge is 0.409 e. The number of halogens is 1. The molecular weight excluding hydrogens is 278 g/mol. The highest BCUT2D eigenvalue weighted by Gasteiger charge is 2.25. The van der Waals surface area contributed by atoms with Gasteiger partial charge in [0.2, 0.25) is 0 Å². The standard InChI is InChI=1S/C14H20ClN3O2/c1-14(19)5-2-7-18(8-6-14)10-3-4-11(12(15)9-10)13(16)17-20/h3-4,9,19-20H,2,5-8H2,1H3,(H2,16,17). The van der Waals surface area contributed by atoms with Gasteiger partial charge in [-0.3, -0.25) is 0 Å². The Bertz CT molecular complexity index is 517. The molecule has 1 unspecified atom stereocenters. The average molecular weight is 298 g/mol. The molecule has 4 N–H and O–H groups in total. The van der Waals surface area contributed by atoms with Crippen molar-refractivity contribution in [3.63, 3.8) is 0 Å². The smallest absolute Gasteiger partial charge is 0.171 e. The quantitative estimate of drug-likeness (QED) is 0.338. The van der Waals surface area contributed by atoms with Crippen LogP contribution >= 0.6 is 11.6 Å². The number of nitrogens with zero attached hydrogens (tertiary/aromatic N) is 2. The summed E-state index contributed by atoms with van der Waals surface area (Å²) in [6.45, 7) is 3.55. The first-order chi connectivity index (χ1) is 9.43. The molecule has 0 bridgehead atoms. The van der Waals surface area contributed by atoms with Crippen molar-refractivity contribution in [3.8, 4) is 0 Å². The van der Waals surface area contributed by atoms with E-state index in [2.05, 4.69) is 10.1 Å². The van der Waals surface area contributed by atoms with Gasteiger partial charge in [-0.1, -0.05) is 16.8 Å². The van der Waals surface area contributed by atoms with Crippen LogP contribution in [0.4, 0.5) is 5.69 Å². The lowest BCUT2D eigenvalue weighted by molar-refractivity contribution is 0.0481. The summed E-state index contributed by atoms with van der Waals surface area (Å²) in [6, 6.07) is 5.46. The summed E-state index contributed by atoms with van der Waals surface area (Å²) in [4.78, 5) is 2.20. The van der Waals surface area contributed by atoms with E-state index in [-0.39, 0.29) is 5.84 Å². The second-order valence-electron chi connectivity index (χ2n) is 5.49. The van der Waals surface area contributed by atoms with E-state index in [1.807, 2.05) is 19.1 Å². The molecule has 1 aromatic carbocycles. The van der Waals surface area contributed by atoms with Gasteiger partial charge in [-0.15, -0.1) is 0 Å². The highest BCUT2D eigenvalue weighted by molar-refractivity contribution is 6.34. The third-order valence-electron chi connectivity index (χ3n) is 3.77. The summed E-state index contributed by atoms with van der Waals surface area (Å²) in [6.07, 6.45) is 2.47. The van der Waals surface area contributed by atoms with E-state index in [1.165, 1.54) is 0 Å². The van der Waals surface area contributed by atoms with Gasteiger partial charge in [0.15, 0.2) is 5.84 Å². The molecule has 1 fully saturated rings. The van der Waals surface area contributed by atoms with Crippen LogP contribution < -0.4 is 10.6 Å². The van der Waals surface area contributed by atoms with Gasteiger partial charge < -0.3 is 20.9 Å². The van der Waals surface area contributed by atoms with Gasteiger partial charge >= 0.3 is 0 Å². The maximum Gasteiger partial charge on any atom is 0.171 e. The fraction of sp³-hybridized carbons (Fsp3) is 0.500. The molecule has 5 nitrogen and oxygen atoms in total. The zero-order valence-electron chi connectivity index (χ0n) is 11.5. The van der Waals surface area contributed by atoms with E-state index >= 15 is 0 Å². The Morgan fingerprint density at radius 1 is 1.40 bits per heavy atom. The van der Waals surface area contributed by atoms with Crippen molar-refractivity contribution in [1.82, 2.24) is 0 Å². The maximum absolute atomic E-state index is 10.1. The van der Waals surface area contributed by atoms with Crippen molar-refractivity contribution in [3.05, 3.63) is 28.8 Å². The second kappa shape index (κ2) is 5.89. The van der Waals surface area contributed by atoms with Crippen LogP contribution in [0.25, 0.3) is 0 Å². The summed E-state index contributed by atoms with van der Waals surface area (Å²) < 4.78 is 0. The van der Waals surface area contributed by atoms with E-state index < -0.39 is 5.60 Å². The minimum atomic E-state index is -0.591. The van der Waals surface area contributed by atoms with E-state index in [0.29, 0.717) is 10.6 Å². The van der Waals surface area contributed by atoms with Crippen LogP contribution in [0.5, 0.6) is 0 Å². The number of amidine groups is 1. The summed E-state index contributed by atoms with van der Waals surface area (Å²) in [7, 11) is 0. The van der Waals surface area contributed by atoms with Crippen molar-refractivity contribution in [2.45, 2.75) is 31.8 Å². The summed E-state index contributed by atoms with van der Waals surface area (Å²) in [5, 5.41) is 22.2. The second-order valence-corrected chi connectivity index (χ2v) is 5.89. The zero-order chi connectivity index (χ0) is 14.8. The van der Waals surface area contributed by atoms with Gasteiger partial charge in [-0.2, -0.15) is 0 Å². The fourth-order valence-corrected chi connectivity index (χ4v) is 2.76. The number of oxime groups is 1. The molecule has 0 aliphatic carbocycles. The topological polar surface area (TPSA) is 82.1 Å². The lowest BCUT2D eigenvalue weighted by Gasteiger charge is -2.24. The minimum absolute atomic E-state index is 0.000324. The van der Waals surface area contributed by atoms with Gasteiger partial charge in [-0.25, -0.2) is 0 Å². The first-order valence-corrected chi connectivity index (χ1v) is 7.05. The molecule has 1 saturated heterocycles. The first-order valence-electron chi connectivity index (χ1n) is 6.68. The van der Waals surface area contributed by atoms with Crippen LogP contribution in [0, 0.1) is 0 Å². The van der Waals surface area contributed by atoms with E-state index in [9.17, 15) is 5.11 Å². The highest BCUT2D eigenvalue weighted by Crippen LogP contribution is 2.28. The summed E-state index contributed by atoms with van der Waals surface area (Å²) in [5.41, 5.74) is 6.46. The molecule has 1 aliphatic heterocycles. The Balaban J connectivity index is 2.19. The zero-order valence-corrected chi connectivity index (χ0v) is 12.3. The van der Waals surface area contributed by atoms with Crippen molar-refractivity contribution >= 4 is 23.1 Å². The molecule has 1 aromatic rings. The minimum Gasteiger partial charge on any atom is -0.409 e. The Morgan fingerprint density at radius 2 is 2.15 bits per heavy atom. The van der Waals surface area contributed by atoms with E-state index in [4.69, 9.17) is 22.5 Å². The Morgan fingerprint density at radius 3 is 2.80 bits per heavy atom. The molecule has 2 rings (SSSR count). The summed E-state index contributed by atoms with van der Waals surface area (Å²) >= 11 is 6.17. The van der Waals surface area contributed by atoms with Crippen molar-refractivity contribution in [2.75, 3.05) is 18.0 Å². The molecule has 0 amide bonds. The molecule has 1 aliphatic rings. The van der Waals surface area contributed by atoms with Crippen LogP contribution in [0.2, 0.25) is 5.02 Å². The molecule has 0 radical (unpaired) electrons. The number of nitrogens with two attached hydrogens (primary N) is 1. The monoisotopic (exact) mass is 297 g/mol. The molecule has 6 heteroatoms. The molecular formula is C14H20ClN3O2. The van der Waals surface area contributed by atoms with Crippen LogP contribution in [0.15, 0.2) is 23.4 Å². The van der Waals surface area contributed by atoms with Gasteiger partial charge in [0.25, 0.3) is 0 Å². The third-order valence-corrected chi connectivity index (χ3v) is 4.08. The van der Waals surface area contributed by atoms with Gasteiger partial charge in [-0.05, 0) is 44.4 Å². The maximum atomic E-state index is 10.1. The number of aliphatic hydroxyl groups is 1. The molecule has 110 valence electrons. The molecule has 0 spiro atoms. The Labute approximate surface area is 123 Å². The number of rotatable bonds is 2. The molecule has 1 heterocycles. The lowest BCUT2D eigenvalue weighted by Crippen LogP contribution is -2.28. The van der Waals surface area contributed by atoms with Crippen molar-refractivity contribution < 1.29 is 10.3 Å². The van der Waals surface area contributed by atoms with Crippen molar-refractivity contribution in [2.24, 2.45) is 10.9 Å². The normalized spacial score (nSPS) is 24.6. The molecule has 0 aromatic heterocycles. The lowest BCUT2D eigenvalue weighted by atomic mass is 9.98. The van der Waals surface area contributed by atoms with Crippen LogP contribution in [0.3, 0.4) is 0 Å².